The normalized spacial score (nSPS) is 13.2. The van der Waals surface area contributed by atoms with Crippen molar-refractivity contribution in [2.45, 2.75) is 95.6 Å². The molecule has 1 aliphatic heterocycles. The average molecular weight is 952 g/mol. The summed E-state index contributed by atoms with van der Waals surface area (Å²) in [6.45, 7) is 23.8. The number of rotatable bonds is 13. The van der Waals surface area contributed by atoms with Crippen LogP contribution >= 0.6 is 0 Å². The molecule has 337 valence electrons. The first-order chi connectivity index (χ1) is 31.8. The van der Waals surface area contributed by atoms with Crippen molar-refractivity contribution in [3.63, 3.8) is 0 Å². The SMILES string of the molecule is Cc1cccc(C)c1-c1cccc(C(=O)[N](c2c(C(C)C)cccc2C(C)C)[Zr]([CH2]c2ccccc2)([CH2]c2ccccc2)=[N]C2N(c3c(C)cccc3C)CCN2c2c(C)cccc2C)n1. The summed E-state index contributed by atoms with van der Waals surface area (Å²) in [6, 6.07) is 54.0. The van der Waals surface area contributed by atoms with Crippen LogP contribution in [-0.4, -0.2) is 30.3 Å². The summed E-state index contributed by atoms with van der Waals surface area (Å²) < 4.78 is 10.3. The van der Waals surface area contributed by atoms with Gasteiger partial charge in [0, 0.05) is 0 Å². The second-order valence-electron chi connectivity index (χ2n) is 19.1. The van der Waals surface area contributed by atoms with Gasteiger partial charge in [0.2, 0.25) is 0 Å². The van der Waals surface area contributed by atoms with Gasteiger partial charge in [-0.1, -0.05) is 0 Å². The number of carbonyl (C=O) groups excluding carboxylic acids is 1. The third-order valence-corrected chi connectivity index (χ3v) is 23.1. The van der Waals surface area contributed by atoms with Crippen molar-refractivity contribution < 1.29 is 25.2 Å². The summed E-state index contributed by atoms with van der Waals surface area (Å²) in [6.07, 6.45) is -0.397. The number of nitrogens with zero attached hydrogens (tertiary/aromatic N) is 5. The van der Waals surface area contributed by atoms with Crippen LogP contribution in [0.25, 0.3) is 11.3 Å². The maximum atomic E-state index is 16.8. The number of amides is 1. The third kappa shape index (κ3) is 9.43. The first kappa shape index (κ1) is 46.7. The number of hydrogen-bond donors (Lipinski definition) is 0. The van der Waals surface area contributed by atoms with Crippen LogP contribution in [0.1, 0.15) is 106 Å². The van der Waals surface area contributed by atoms with E-state index in [-0.39, 0.29) is 17.7 Å². The number of benzene rings is 6. The van der Waals surface area contributed by atoms with Gasteiger partial charge in [0.15, 0.2) is 0 Å². The van der Waals surface area contributed by atoms with Gasteiger partial charge in [-0.05, 0) is 0 Å². The number of hydrogen-bond acceptors (Lipinski definition) is 5. The van der Waals surface area contributed by atoms with E-state index in [1.165, 1.54) is 44.8 Å². The van der Waals surface area contributed by atoms with E-state index in [0.29, 0.717) is 14.0 Å². The van der Waals surface area contributed by atoms with Crippen molar-refractivity contribution in [2.75, 3.05) is 25.7 Å². The average Bonchev–Trinajstić information content (AvgIpc) is 3.68. The number of pyridine rings is 1. The Bertz CT molecular complexity index is 2710. The summed E-state index contributed by atoms with van der Waals surface area (Å²) >= 11 is -4.92. The van der Waals surface area contributed by atoms with Gasteiger partial charge >= 0.3 is 402 Å². The van der Waals surface area contributed by atoms with Crippen LogP contribution in [0.15, 0.2) is 155 Å². The van der Waals surface area contributed by atoms with Crippen molar-refractivity contribution in [3.8, 4) is 11.3 Å². The summed E-state index contributed by atoms with van der Waals surface area (Å²) in [7, 11) is 0. The molecule has 2 heterocycles. The fourth-order valence-electron chi connectivity index (χ4n) is 10.5. The van der Waals surface area contributed by atoms with Gasteiger partial charge in [0.05, 0.1) is 0 Å². The second kappa shape index (κ2) is 20.0. The Balaban J connectivity index is 1.54. The maximum absolute atomic E-state index is 16.8. The number of carbonyl (C=O) groups is 1. The minimum atomic E-state index is -4.92. The van der Waals surface area contributed by atoms with Gasteiger partial charge in [-0.25, -0.2) is 0 Å². The standard InChI is InChI=1S/C26H30N2O.C19H23N3.2C7H7.Zr/c1-16(2)20-12-8-13-21(17(3)4)25(20)28-26(29)23-15-9-14-22(27-23)24-18(5)10-7-11-19(24)6;1-13-7-5-8-14(2)17(13)21-11-12-22(19(21)20)18-15(3)9-6-10-16(18)4;2*1-7-5-3-2-4-6-7;/h7-17H,1-6H3,(H,28,29);5-10,19H,11-12H2,1-4H3;2*2-6H,1H2;/q;;;;+1/p-1. The Hall–Kier alpha value is -5.78. The van der Waals surface area contributed by atoms with E-state index in [1.54, 1.807) is 0 Å². The first-order valence-corrected chi connectivity index (χ1v) is 29.4. The zero-order valence-electron chi connectivity index (χ0n) is 40.6. The molecular weight excluding hydrogens is 886 g/mol. The number of aromatic nitrogens is 1. The summed E-state index contributed by atoms with van der Waals surface area (Å²) in [4.78, 5) is 27.3. The van der Waals surface area contributed by atoms with Crippen LogP contribution in [0.5, 0.6) is 0 Å². The molecule has 0 saturated carbocycles. The first-order valence-electron chi connectivity index (χ1n) is 23.7. The summed E-state index contributed by atoms with van der Waals surface area (Å²) in [5, 5.41) is 0. The monoisotopic (exact) mass is 950 g/mol. The van der Waals surface area contributed by atoms with Crippen LogP contribution in [0.2, 0.25) is 0 Å². The number of aryl methyl sites for hydroxylation is 6. The van der Waals surface area contributed by atoms with E-state index in [4.69, 9.17) is 7.86 Å². The fourth-order valence-corrected chi connectivity index (χ4v) is 21.3. The number of para-hydroxylation sites is 3. The molecule has 0 N–H and O–H groups in total. The van der Waals surface area contributed by atoms with Crippen LogP contribution in [0.4, 0.5) is 17.1 Å². The van der Waals surface area contributed by atoms with Gasteiger partial charge in [0.1, 0.15) is 0 Å². The van der Waals surface area contributed by atoms with Crippen molar-refractivity contribution in [1.29, 1.82) is 0 Å². The molecule has 6 nitrogen and oxygen atoms in total. The fraction of sp³-hybridized carbons (Fsp3) is 0.288. The topological polar surface area (TPSA) is 52.0 Å². The minimum absolute atomic E-state index is 0.0836. The van der Waals surface area contributed by atoms with Gasteiger partial charge in [-0.3, -0.25) is 0 Å². The van der Waals surface area contributed by atoms with E-state index < -0.39 is 26.7 Å². The summed E-state index contributed by atoms with van der Waals surface area (Å²) in [5.74, 6) is 0.174. The zero-order valence-corrected chi connectivity index (χ0v) is 43.1. The molecule has 0 bridgehead atoms. The molecule has 7 aromatic rings. The molecule has 1 aromatic heterocycles. The molecule has 7 heteroatoms. The molecule has 0 spiro atoms. The van der Waals surface area contributed by atoms with Crippen molar-refractivity contribution in [3.05, 3.63) is 213 Å². The quantitative estimate of drug-likeness (QED) is 0.116. The van der Waals surface area contributed by atoms with E-state index in [9.17, 15) is 0 Å². The van der Waals surface area contributed by atoms with Crippen molar-refractivity contribution in [1.82, 2.24) is 4.98 Å². The van der Waals surface area contributed by atoms with Gasteiger partial charge in [-0.15, -0.1) is 0 Å². The molecule has 1 saturated heterocycles. The van der Waals surface area contributed by atoms with Crippen LogP contribution in [-0.2, 0) is 28.7 Å². The van der Waals surface area contributed by atoms with Crippen molar-refractivity contribution >= 4 is 23.0 Å². The Kier molecular flexibility index (Phi) is 14.2. The zero-order chi connectivity index (χ0) is 46.7. The van der Waals surface area contributed by atoms with Gasteiger partial charge in [-0.2, -0.15) is 0 Å². The molecule has 1 aliphatic rings. The molecule has 6 aromatic carbocycles. The molecule has 66 heavy (non-hydrogen) atoms. The van der Waals surface area contributed by atoms with Gasteiger partial charge < -0.3 is 0 Å². The van der Waals surface area contributed by atoms with Gasteiger partial charge in [0.25, 0.3) is 0 Å². The second-order valence-corrected chi connectivity index (χ2v) is 27.4. The van der Waals surface area contributed by atoms with Crippen LogP contribution < -0.4 is 12.6 Å². The Labute approximate surface area is 399 Å². The van der Waals surface area contributed by atoms with Crippen LogP contribution in [0.3, 0.4) is 0 Å². The Morgan fingerprint density at radius 3 is 1.41 bits per heavy atom. The van der Waals surface area contributed by atoms with Crippen molar-refractivity contribution in [2.24, 2.45) is 2.87 Å². The molecule has 0 unspecified atom stereocenters. The predicted molar refractivity (Wildman–Crippen MR) is 274 cm³/mol. The van der Waals surface area contributed by atoms with E-state index in [2.05, 4.69) is 221 Å². The van der Waals surface area contributed by atoms with E-state index in [1.807, 2.05) is 12.1 Å². The molecule has 1 amide bonds. The Morgan fingerprint density at radius 1 is 0.561 bits per heavy atom. The summed E-state index contributed by atoms with van der Waals surface area (Å²) in [5.41, 5.74) is 17.6. The van der Waals surface area contributed by atoms with Crippen LogP contribution in [0, 0.1) is 41.5 Å². The molecule has 0 radical (unpaired) electrons. The predicted octanol–water partition coefficient (Wildman–Crippen LogP) is 14.5. The van der Waals surface area contributed by atoms with E-state index >= 15 is 4.79 Å². The molecule has 1 fully saturated rings. The van der Waals surface area contributed by atoms with E-state index in [0.717, 1.165) is 52.3 Å². The third-order valence-electron chi connectivity index (χ3n) is 13.5. The Morgan fingerprint density at radius 2 is 0.970 bits per heavy atom. The molecular formula is C59H66N5OZr. The molecule has 8 rings (SSSR count). The number of anilines is 3. The molecule has 0 aliphatic carbocycles. The molecule has 0 atom stereocenters.